The van der Waals surface area contributed by atoms with Gasteiger partial charge in [-0.2, -0.15) is 0 Å². The van der Waals surface area contributed by atoms with Crippen molar-refractivity contribution in [2.75, 3.05) is 19.5 Å². The smallest absolute Gasteiger partial charge is 0.331 e. The first-order valence-corrected chi connectivity index (χ1v) is 7.67. The van der Waals surface area contributed by atoms with Crippen LogP contribution in [0, 0.1) is 0 Å². The molecule has 1 saturated carbocycles. The van der Waals surface area contributed by atoms with Crippen LogP contribution in [-0.4, -0.2) is 22.9 Å². The van der Waals surface area contributed by atoms with Crippen LogP contribution < -0.4 is 17.0 Å². The zero-order valence-electron chi connectivity index (χ0n) is 12.7. The minimum Gasteiger partial charge on any atom is -0.399 e. The molecule has 0 spiro atoms. The molecular formula is C16H21N3O3. The van der Waals surface area contributed by atoms with Gasteiger partial charge in [-0.1, -0.05) is 12.8 Å². The summed E-state index contributed by atoms with van der Waals surface area (Å²) in [7, 11) is 1.56. The van der Waals surface area contributed by atoms with E-state index in [1.165, 1.54) is 4.57 Å². The van der Waals surface area contributed by atoms with E-state index in [2.05, 4.69) is 0 Å². The predicted octanol–water partition coefficient (Wildman–Crippen LogP) is 1.51. The lowest BCUT2D eigenvalue weighted by molar-refractivity contribution is 0.184. The van der Waals surface area contributed by atoms with E-state index in [0.29, 0.717) is 23.2 Å². The van der Waals surface area contributed by atoms with Gasteiger partial charge in [0.1, 0.15) is 0 Å². The molecule has 0 atom stereocenters. The lowest BCUT2D eigenvalue weighted by atomic mass is 10.1. The summed E-state index contributed by atoms with van der Waals surface area (Å²) in [6.45, 7) is 0.583. The van der Waals surface area contributed by atoms with Gasteiger partial charge >= 0.3 is 5.69 Å². The highest BCUT2D eigenvalue weighted by Crippen LogP contribution is 2.30. The SMILES string of the molecule is COCCn1c(=O)c2cc(N)ccc2n(C2CCCC2)c1=O. The summed E-state index contributed by atoms with van der Waals surface area (Å²) < 4.78 is 8.07. The molecule has 1 heterocycles. The summed E-state index contributed by atoms with van der Waals surface area (Å²) in [4.78, 5) is 25.4. The van der Waals surface area contributed by atoms with E-state index in [1.54, 1.807) is 29.9 Å². The molecule has 6 nitrogen and oxygen atoms in total. The maximum Gasteiger partial charge on any atom is 0.331 e. The van der Waals surface area contributed by atoms with Gasteiger partial charge in [-0.3, -0.25) is 13.9 Å². The van der Waals surface area contributed by atoms with E-state index in [-0.39, 0.29) is 23.8 Å². The zero-order chi connectivity index (χ0) is 15.7. The van der Waals surface area contributed by atoms with E-state index < -0.39 is 0 Å². The van der Waals surface area contributed by atoms with Gasteiger partial charge in [0.2, 0.25) is 0 Å². The largest absolute Gasteiger partial charge is 0.399 e. The summed E-state index contributed by atoms with van der Waals surface area (Å²) in [6.07, 6.45) is 4.18. The Bertz CT molecular complexity index is 801. The number of rotatable bonds is 4. The van der Waals surface area contributed by atoms with Crippen LogP contribution in [-0.2, 0) is 11.3 Å². The number of nitrogens with zero attached hydrogens (tertiary/aromatic N) is 2. The number of fused-ring (bicyclic) bond motifs is 1. The van der Waals surface area contributed by atoms with Gasteiger partial charge in [0.15, 0.2) is 0 Å². The minimum absolute atomic E-state index is 0.160. The van der Waals surface area contributed by atoms with E-state index in [0.717, 1.165) is 25.7 Å². The Labute approximate surface area is 128 Å². The van der Waals surface area contributed by atoms with Crippen molar-refractivity contribution in [3.8, 4) is 0 Å². The fourth-order valence-corrected chi connectivity index (χ4v) is 3.30. The van der Waals surface area contributed by atoms with E-state index in [1.807, 2.05) is 0 Å². The molecule has 1 aromatic carbocycles. The number of aromatic nitrogens is 2. The van der Waals surface area contributed by atoms with E-state index in [4.69, 9.17) is 10.5 Å². The Balaban J connectivity index is 2.31. The number of nitrogens with two attached hydrogens (primary N) is 1. The molecule has 6 heteroatoms. The van der Waals surface area contributed by atoms with Gasteiger partial charge in [0.25, 0.3) is 5.56 Å². The second-order valence-corrected chi connectivity index (χ2v) is 5.82. The number of ether oxygens (including phenoxy) is 1. The number of benzene rings is 1. The number of anilines is 1. The highest BCUT2D eigenvalue weighted by Gasteiger charge is 2.22. The first-order valence-electron chi connectivity index (χ1n) is 7.67. The molecule has 1 fully saturated rings. The van der Waals surface area contributed by atoms with Gasteiger partial charge in [0.05, 0.1) is 24.1 Å². The van der Waals surface area contributed by atoms with Crippen molar-refractivity contribution in [3.63, 3.8) is 0 Å². The number of methoxy groups -OCH3 is 1. The third-order valence-electron chi connectivity index (χ3n) is 4.40. The quantitative estimate of drug-likeness (QED) is 0.868. The van der Waals surface area contributed by atoms with Gasteiger partial charge in [-0.15, -0.1) is 0 Å². The van der Waals surface area contributed by atoms with Crippen molar-refractivity contribution in [2.24, 2.45) is 0 Å². The lowest BCUT2D eigenvalue weighted by Crippen LogP contribution is -2.42. The lowest BCUT2D eigenvalue weighted by Gasteiger charge is -2.19. The van der Waals surface area contributed by atoms with Crippen molar-refractivity contribution in [1.29, 1.82) is 0 Å². The summed E-state index contributed by atoms with van der Waals surface area (Å²) in [5, 5.41) is 0.502. The highest BCUT2D eigenvalue weighted by molar-refractivity contribution is 5.81. The fourth-order valence-electron chi connectivity index (χ4n) is 3.30. The van der Waals surface area contributed by atoms with Crippen LogP contribution in [0.4, 0.5) is 5.69 Å². The maximum absolute atomic E-state index is 12.8. The predicted molar refractivity (Wildman–Crippen MR) is 86.3 cm³/mol. The normalized spacial score (nSPS) is 15.7. The molecular weight excluding hydrogens is 282 g/mol. The third-order valence-corrected chi connectivity index (χ3v) is 4.40. The topological polar surface area (TPSA) is 79.2 Å². The fraction of sp³-hybridized carbons (Fsp3) is 0.500. The molecule has 0 unspecified atom stereocenters. The summed E-state index contributed by atoms with van der Waals surface area (Å²) >= 11 is 0. The van der Waals surface area contributed by atoms with Crippen LogP contribution in [0.25, 0.3) is 10.9 Å². The average molecular weight is 303 g/mol. The van der Waals surface area contributed by atoms with Crippen LogP contribution in [0.5, 0.6) is 0 Å². The Morgan fingerprint density at radius 1 is 1.27 bits per heavy atom. The van der Waals surface area contributed by atoms with E-state index in [9.17, 15) is 9.59 Å². The Hall–Kier alpha value is -2.08. The highest BCUT2D eigenvalue weighted by atomic mass is 16.5. The molecule has 3 rings (SSSR count). The summed E-state index contributed by atoms with van der Waals surface area (Å²) in [5.74, 6) is 0. The molecule has 0 saturated heterocycles. The number of nitrogen functional groups attached to an aromatic ring is 1. The van der Waals surface area contributed by atoms with Gasteiger partial charge < -0.3 is 10.5 Å². The second kappa shape index (κ2) is 5.96. The Morgan fingerprint density at radius 2 is 2.00 bits per heavy atom. The minimum atomic E-state index is -0.293. The van der Waals surface area contributed by atoms with Crippen molar-refractivity contribution in [1.82, 2.24) is 9.13 Å². The van der Waals surface area contributed by atoms with Crippen LogP contribution in [0.3, 0.4) is 0 Å². The van der Waals surface area contributed by atoms with Gasteiger partial charge in [0, 0.05) is 18.8 Å². The van der Waals surface area contributed by atoms with Gasteiger partial charge in [-0.05, 0) is 31.0 Å². The molecule has 22 heavy (non-hydrogen) atoms. The Morgan fingerprint density at radius 3 is 2.68 bits per heavy atom. The Kier molecular flexibility index (Phi) is 4.02. The van der Waals surface area contributed by atoms with Crippen molar-refractivity contribution >= 4 is 16.6 Å². The molecule has 2 aromatic rings. The third kappa shape index (κ3) is 2.43. The molecule has 1 aliphatic carbocycles. The standard InChI is InChI=1S/C16H21N3O3/c1-22-9-8-18-15(20)13-10-11(17)6-7-14(13)19(16(18)21)12-4-2-3-5-12/h6-7,10,12H,2-5,8-9,17H2,1H3. The molecule has 0 radical (unpaired) electrons. The zero-order valence-corrected chi connectivity index (χ0v) is 12.7. The van der Waals surface area contributed by atoms with Crippen LogP contribution in [0.15, 0.2) is 27.8 Å². The van der Waals surface area contributed by atoms with Crippen molar-refractivity contribution in [2.45, 2.75) is 38.3 Å². The van der Waals surface area contributed by atoms with Gasteiger partial charge in [-0.25, -0.2) is 4.79 Å². The molecule has 0 amide bonds. The molecule has 1 aliphatic rings. The maximum atomic E-state index is 12.8. The second-order valence-electron chi connectivity index (χ2n) is 5.82. The van der Waals surface area contributed by atoms with E-state index >= 15 is 0 Å². The first-order chi connectivity index (χ1) is 10.6. The average Bonchev–Trinajstić information content (AvgIpc) is 3.02. The van der Waals surface area contributed by atoms with Crippen LogP contribution in [0.2, 0.25) is 0 Å². The molecule has 0 aliphatic heterocycles. The number of hydrogen-bond donors (Lipinski definition) is 1. The van der Waals surface area contributed by atoms with Crippen molar-refractivity contribution in [3.05, 3.63) is 39.0 Å². The molecule has 118 valence electrons. The first kappa shape index (κ1) is 14.8. The summed E-state index contributed by atoms with van der Waals surface area (Å²) in [6, 6.07) is 5.35. The summed E-state index contributed by atoms with van der Waals surface area (Å²) in [5.41, 5.74) is 6.50. The molecule has 1 aromatic heterocycles. The monoisotopic (exact) mass is 303 g/mol. The van der Waals surface area contributed by atoms with Crippen molar-refractivity contribution < 1.29 is 4.74 Å². The van der Waals surface area contributed by atoms with Crippen LogP contribution in [0.1, 0.15) is 31.7 Å². The molecule has 2 N–H and O–H groups in total. The molecule has 0 bridgehead atoms. The number of hydrogen-bond acceptors (Lipinski definition) is 4. The van der Waals surface area contributed by atoms with Crippen LogP contribution >= 0.6 is 0 Å².